The van der Waals surface area contributed by atoms with Crippen molar-refractivity contribution in [2.75, 3.05) is 31.5 Å². The fourth-order valence-corrected chi connectivity index (χ4v) is 2.99. The lowest BCUT2D eigenvalue weighted by atomic mass is 10.1. The molecule has 0 saturated carbocycles. The van der Waals surface area contributed by atoms with Gasteiger partial charge in [-0.2, -0.15) is 13.2 Å². The van der Waals surface area contributed by atoms with Gasteiger partial charge in [0, 0.05) is 32.7 Å². The SMILES string of the molecule is O=C(Nc1cccc(C(F)(F)F)c1F)N1CCN(Cc2ccccc2)CC1. The number of nitrogens with zero attached hydrogens (tertiary/aromatic N) is 2. The maximum Gasteiger partial charge on any atom is 0.419 e. The van der Waals surface area contributed by atoms with Crippen LogP contribution in [0, 0.1) is 5.82 Å². The molecule has 0 aromatic heterocycles. The normalized spacial score (nSPS) is 15.6. The Kier molecular flexibility index (Phi) is 5.65. The third-order valence-corrected chi connectivity index (χ3v) is 4.45. The number of halogens is 4. The molecule has 2 amide bonds. The van der Waals surface area contributed by atoms with E-state index in [1.807, 2.05) is 30.3 Å². The van der Waals surface area contributed by atoms with E-state index in [0.717, 1.165) is 18.7 Å². The van der Waals surface area contributed by atoms with Crippen molar-refractivity contribution in [2.45, 2.75) is 12.7 Å². The summed E-state index contributed by atoms with van der Waals surface area (Å²) in [5, 5.41) is 2.25. The Balaban J connectivity index is 1.57. The number of piperazine rings is 1. The fraction of sp³-hybridized carbons (Fsp3) is 0.316. The topological polar surface area (TPSA) is 35.6 Å². The van der Waals surface area contributed by atoms with Crippen molar-refractivity contribution in [1.82, 2.24) is 9.80 Å². The smallest absolute Gasteiger partial charge is 0.322 e. The number of nitrogens with one attached hydrogen (secondary N) is 1. The average Bonchev–Trinajstić information content (AvgIpc) is 2.64. The molecule has 0 bridgehead atoms. The first-order valence-corrected chi connectivity index (χ1v) is 8.52. The molecule has 1 fully saturated rings. The highest BCUT2D eigenvalue weighted by molar-refractivity contribution is 5.89. The lowest BCUT2D eigenvalue weighted by Gasteiger charge is -2.34. The largest absolute Gasteiger partial charge is 0.419 e. The van der Waals surface area contributed by atoms with E-state index < -0.39 is 29.3 Å². The number of hydrogen-bond acceptors (Lipinski definition) is 2. The molecule has 0 spiro atoms. The zero-order valence-corrected chi connectivity index (χ0v) is 14.5. The predicted molar refractivity (Wildman–Crippen MR) is 93.7 cm³/mol. The lowest BCUT2D eigenvalue weighted by molar-refractivity contribution is -0.139. The molecule has 1 saturated heterocycles. The Morgan fingerprint density at radius 2 is 1.63 bits per heavy atom. The van der Waals surface area contributed by atoms with E-state index in [4.69, 9.17) is 0 Å². The summed E-state index contributed by atoms with van der Waals surface area (Å²) in [6.07, 6.45) is -4.81. The summed E-state index contributed by atoms with van der Waals surface area (Å²) >= 11 is 0. The first kappa shape index (κ1) is 19.2. The van der Waals surface area contributed by atoms with E-state index in [0.29, 0.717) is 32.2 Å². The molecule has 0 unspecified atom stereocenters. The summed E-state index contributed by atoms with van der Waals surface area (Å²) < 4.78 is 52.4. The van der Waals surface area contributed by atoms with Gasteiger partial charge in [-0.1, -0.05) is 36.4 Å². The minimum atomic E-state index is -4.81. The van der Waals surface area contributed by atoms with Crippen molar-refractivity contribution in [3.63, 3.8) is 0 Å². The van der Waals surface area contributed by atoms with Gasteiger partial charge in [0.05, 0.1) is 11.3 Å². The van der Waals surface area contributed by atoms with Crippen LogP contribution in [-0.2, 0) is 12.7 Å². The summed E-state index contributed by atoms with van der Waals surface area (Å²) in [7, 11) is 0. The fourth-order valence-electron chi connectivity index (χ4n) is 2.99. The Hall–Kier alpha value is -2.61. The van der Waals surface area contributed by atoms with Crippen LogP contribution < -0.4 is 5.32 Å². The third kappa shape index (κ3) is 4.77. The summed E-state index contributed by atoms with van der Waals surface area (Å²) in [6.45, 7) is 2.86. The van der Waals surface area contributed by atoms with Crippen LogP contribution in [0.4, 0.5) is 28.0 Å². The molecule has 3 rings (SSSR count). The standard InChI is InChI=1S/C19H19F4N3O/c20-17-15(19(21,22)23)7-4-8-16(17)24-18(27)26-11-9-25(10-12-26)13-14-5-2-1-3-6-14/h1-8H,9-13H2,(H,24,27). The van der Waals surface area contributed by atoms with Crippen LogP contribution in [0.5, 0.6) is 0 Å². The monoisotopic (exact) mass is 381 g/mol. The molecule has 144 valence electrons. The molecular weight excluding hydrogens is 362 g/mol. The molecule has 2 aromatic carbocycles. The minimum absolute atomic E-state index is 0.416. The van der Waals surface area contributed by atoms with Gasteiger partial charge in [0.15, 0.2) is 5.82 Å². The molecule has 8 heteroatoms. The molecule has 27 heavy (non-hydrogen) atoms. The second-order valence-electron chi connectivity index (χ2n) is 6.34. The highest BCUT2D eigenvalue weighted by Crippen LogP contribution is 2.33. The van der Waals surface area contributed by atoms with E-state index in [9.17, 15) is 22.4 Å². The lowest BCUT2D eigenvalue weighted by Crippen LogP contribution is -2.49. The molecule has 1 heterocycles. The van der Waals surface area contributed by atoms with Crippen LogP contribution in [0.2, 0.25) is 0 Å². The molecule has 0 radical (unpaired) electrons. The van der Waals surface area contributed by atoms with Gasteiger partial charge in [0.25, 0.3) is 0 Å². The van der Waals surface area contributed by atoms with E-state index in [-0.39, 0.29) is 0 Å². The van der Waals surface area contributed by atoms with Crippen LogP contribution in [0.1, 0.15) is 11.1 Å². The Morgan fingerprint density at radius 3 is 2.26 bits per heavy atom. The maximum atomic E-state index is 14.0. The zero-order valence-electron chi connectivity index (χ0n) is 14.5. The van der Waals surface area contributed by atoms with Crippen LogP contribution in [0.25, 0.3) is 0 Å². The van der Waals surface area contributed by atoms with Crippen LogP contribution in [0.3, 0.4) is 0 Å². The second kappa shape index (κ2) is 7.96. The highest BCUT2D eigenvalue weighted by atomic mass is 19.4. The predicted octanol–water partition coefficient (Wildman–Crippen LogP) is 4.19. The number of hydrogen-bond donors (Lipinski definition) is 1. The molecule has 1 aliphatic rings. The van der Waals surface area contributed by atoms with Gasteiger partial charge in [0.2, 0.25) is 0 Å². The Bertz CT molecular complexity index is 787. The molecule has 4 nitrogen and oxygen atoms in total. The van der Waals surface area contributed by atoms with Gasteiger partial charge in [-0.15, -0.1) is 0 Å². The first-order valence-electron chi connectivity index (χ1n) is 8.52. The van der Waals surface area contributed by atoms with Gasteiger partial charge < -0.3 is 10.2 Å². The summed E-state index contributed by atoms with van der Waals surface area (Å²) in [6, 6.07) is 12.1. The van der Waals surface area contributed by atoms with E-state index in [1.165, 1.54) is 10.5 Å². The van der Waals surface area contributed by atoms with Crippen LogP contribution in [0.15, 0.2) is 48.5 Å². The first-order chi connectivity index (χ1) is 12.8. The average molecular weight is 381 g/mol. The molecule has 1 aliphatic heterocycles. The van der Waals surface area contributed by atoms with Gasteiger partial charge in [0.1, 0.15) is 0 Å². The van der Waals surface area contributed by atoms with Crippen molar-refractivity contribution in [2.24, 2.45) is 0 Å². The summed E-state index contributed by atoms with van der Waals surface area (Å²) in [5.41, 5.74) is -0.698. The van der Waals surface area contributed by atoms with Gasteiger partial charge in [-0.05, 0) is 17.7 Å². The van der Waals surface area contributed by atoms with Crippen molar-refractivity contribution >= 4 is 11.7 Å². The van der Waals surface area contributed by atoms with Crippen LogP contribution in [-0.4, -0.2) is 42.0 Å². The zero-order chi connectivity index (χ0) is 19.4. The van der Waals surface area contributed by atoms with E-state index in [2.05, 4.69) is 10.2 Å². The second-order valence-corrected chi connectivity index (χ2v) is 6.34. The molecule has 2 aromatic rings. The van der Waals surface area contributed by atoms with E-state index >= 15 is 0 Å². The van der Waals surface area contributed by atoms with Crippen molar-refractivity contribution in [3.05, 3.63) is 65.5 Å². The number of anilines is 1. The molecular formula is C19H19F4N3O. The number of rotatable bonds is 3. The summed E-state index contributed by atoms with van der Waals surface area (Å²) in [4.78, 5) is 16.0. The number of carbonyl (C=O) groups excluding carboxylic acids is 1. The quantitative estimate of drug-likeness (QED) is 0.809. The summed E-state index contributed by atoms with van der Waals surface area (Å²) in [5.74, 6) is -1.47. The molecule has 1 N–H and O–H groups in total. The maximum absolute atomic E-state index is 14.0. The third-order valence-electron chi connectivity index (χ3n) is 4.45. The number of amides is 2. The van der Waals surface area contributed by atoms with Crippen LogP contribution >= 0.6 is 0 Å². The van der Waals surface area contributed by atoms with Crippen molar-refractivity contribution < 1.29 is 22.4 Å². The van der Waals surface area contributed by atoms with Crippen molar-refractivity contribution in [3.8, 4) is 0 Å². The van der Waals surface area contributed by atoms with E-state index in [1.54, 1.807) is 0 Å². The molecule has 0 aliphatic carbocycles. The van der Waals surface area contributed by atoms with Gasteiger partial charge in [-0.25, -0.2) is 9.18 Å². The number of alkyl halides is 3. The number of benzene rings is 2. The Labute approximate surface area is 154 Å². The number of carbonyl (C=O) groups is 1. The number of urea groups is 1. The highest BCUT2D eigenvalue weighted by Gasteiger charge is 2.35. The van der Waals surface area contributed by atoms with Crippen molar-refractivity contribution in [1.29, 1.82) is 0 Å². The minimum Gasteiger partial charge on any atom is -0.322 e. The van der Waals surface area contributed by atoms with Gasteiger partial charge in [-0.3, -0.25) is 4.90 Å². The molecule has 0 atom stereocenters. The van der Waals surface area contributed by atoms with Gasteiger partial charge >= 0.3 is 12.2 Å². The Morgan fingerprint density at radius 1 is 0.963 bits per heavy atom.